The van der Waals surface area contributed by atoms with Gasteiger partial charge in [0, 0.05) is 12.0 Å². The van der Waals surface area contributed by atoms with Gasteiger partial charge in [-0.15, -0.1) is 12.3 Å². The molecule has 78 valence electrons. The van der Waals surface area contributed by atoms with Gasteiger partial charge in [0.15, 0.2) is 5.78 Å². The molecule has 2 nitrogen and oxygen atoms in total. The zero-order valence-electron chi connectivity index (χ0n) is 9.08. The molecule has 1 unspecified atom stereocenters. The van der Waals surface area contributed by atoms with E-state index in [1.54, 1.807) is 6.07 Å². The molecule has 0 heterocycles. The second-order valence-electron chi connectivity index (χ2n) is 3.63. The molecule has 0 bridgehead atoms. The van der Waals surface area contributed by atoms with Crippen molar-refractivity contribution in [1.82, 2.24) is 0 Å². The number of ketones is 1. The summed E-state index contributed by atoms with van der Waals surface area (Å²) in [4.78, 5) is 11.9. The molecule has 1 atom stereocenters. The van der Waals surface area contributed by atoms with E-state index in [2.05, 4.69) is 5.92 Å². The predicted octanol–water partition coefficient (Wildman–Crippen LogP) is 1.84. The van der Waals surface area contributed by atoms with E-state index in [1.807, 2.05) is 26.0 Å². The average Bonchev–Trinajstić information content (AvgIpc) is 2.21. The van der Waals surface area contributed by atoms with Gasteiger partial charge in [-0.3, -0.25) is 4.79 Å². The summed E-state index contributed by atoms with van der Waals surface area (Å²) in [5.74, 6) is 2.33. The number of nitrogens with two attached hydrogens (primary N) is 1. The Bertz CT molecular complexity index is 415. The van der Waals surface area contributed by atoms with Crippen LogP contribution in [0.2, 0.25) is 0 Å². The minimum absolute atomic E-state index is 0.0749. The van der Waals surface area contributed by atoms with Gasteiger partial charge in [-0.05, 0) is 25.0 Å². The fourth-order valence-electron chi connectivity index (χ4n) is 1.44. The van der Waals surface area contributed by atoms with E-state index in [-0.39, 0.29) is 12.2 Å². The maximum absolute atomic E-state index is 11.9. The van der Waals surface area contributed by atoms with Crippen LogP contribution in [0.1, 0.15) is 27.9 Å². The Balaban J connectivity index is 3.02. The average molecular weight is 201 g/mol. The Morgan fingerprint density at radius 2 is 2.20 bits per heavy atom. The topological polar surface area (TPSA) is 43.1 Å². The van der Waals surface area contributed by atoms with Crippen molar-refractivity contribution in [3.8, 4) is 12.3 Å². The van der Waals surface area contributed by atoms with Crippen LogP contribution in [0, 0.1) is 26.2 Å². The molecule has 0 saturated heterocycles. The Kier molecular flexibility index (Phi) is 3.65. The first-order valence-corrected chi connectivity index (χ1v) is 4.87. The molecule has 0 radical (unpaired) electrons. The van der Waals surface area contributed by atoms with Crippen molar-refractivity contribution in [3.63, 3.8) is 0 Å². The van der Waals surface area contributed by atoms with Crippen LogP contribution in [0.5, 0.6) is 0 Å². The Morgan fingerprint density at radius 1 is 1.53 bits per heavy atom. The standard InChI is InChI=1S/C13H15NO/c1-4-6-12(14)13(15)11-8-5-7-9(2)10(11)3/h1,5,7-8,12H,6,14H2,2-3H3. The summed E-state index contributed by atoms with van der Waals surface area (Å²) < 4.78 is 0. The zero-order chi connectivity index (χ0) is 11.4. The largest absolute Gasteiger partial charge is 0.320 e. The van der Waals surface area contributed by atoms with E-state index in [9.17, 15) is 4.79 Å². The van der Waals surface area contributed by atoms with Crippen molar-refractivity contribution in [3.05, 3.63) is 34.9 Å². The molecule has 0 saturated carbocycles. The number of carbonyl (C=O) groups is 1. The Hall–Kier alpha value is -1.59. The molecule has 0 aliphatic rings. The van der Waals surface area contributed by atoms with Crippen LogP contribution < -0.4 is 5.73 Å². The fourth-order valence-corrected chi connectivity index (χ4v) is 1.44. The molecule has 0 aliphatic heterocycles. The van der Waals surface area contributed by atoms with Crippen molar-refractivity contribution < 1.29 is 4.79 Å². The number of Topliss-reactive ketones (excluding diaryl/α,β-unsaturated/α-hetero) is 1. The van der Waals surface area contributed by atoms with Gasteiger partial charge in [0.1, 0.15) is 0 Å². The maximum atomic E-state index is 11.9. The normalized spacial score (nSPS) is 11.9. The van der Waals surface area contributed by atoms with Crippen LogP contribution in [0.3, 0.4) is 0 Å². The van der Waals surface area contributed by atoms with Gasteiger partial charge >= 0.3 is 0 Å². The number of benzene rings is 1. The summed E-state index contributed by atoms with van der Waals surface area (Å²) in [6.45, 7) is 3.89. The minimum atomic E-state index is -0.588. The molecule has 0 fully saturated rings. The molecule has 1 aromatic carbocycles. The van der Waals surface area contributed by atoms with Crippen LogP contribution in [0.15, 0.2) is 18.2 Å². The van der Waals surface area contributed by atoms with Crippen LogP contribution in [-0.2, 0) is 0 Å². The summed E-state index contributed by atoms with van der Waals surface area (Å²) in [7, 11) is 0. The van der Waals surface area contributed by atoms with Gasteiger partial charge in [0.2, 0.25) is 0 Å². The van der Waals surface area contributed by atoms with Gasteiger partial charge in [0.05, 0.1) is 6.04 Å². The maximum Gasteiger partial charge on any atom is 0.180 e. The van der Waals surface area contributed by atoms with E-state index in [1.165, 1.54) is 0 Å². The third-order valence-electron chi connectivity index (χ3n) is 2.54. The lowest BCUT2D eigenvalue weighted by Crippen LogP contribution is -2.30. The quantitative estimate of drug-likeness (QED) is 0.599. The molecule has 1 aromatic rings. The number of aryl methyl sites for hydroxylation is 1. The minimum Gasteiger partial charge on any atom is -0.320 e. The number of carbonyl (C=O) groups excluding carboxylic acids is 1. The summed E-state index contributed by atoms with van der Waals surface area (Å²) in [5, 5.41) is 0. The second-order valence-corrected chi connectivity index (χ2v) is 3.63. The smallest absolute Gasteiger partial charge is 0.180 e. The van der Waals surface area contributed by atoms with E-state index in [4.69, 9.17) is 12.2 Å². The molecule has 0 aliphatic carbocycles. The molecule has 1 rings (SSSR count). The van der Waals surface area contributed by atoms with Gasteiger partial charge in [0.25, 0.3) is 0 Å². The van der Waals surface area contributed by atoms with Crippen LogP contribution in [-0.4, -0.2) is 11.8 Å². The highest BCUT2D eigenvalue weighted by Crippen LogP contribution is 2.14. The van der Waals surface area contributed by atoms with E-state index < -0.39 is 6.04 Å². The third-order valence-corrected chi connectivity index (χ3v) is 2.54. The number of terminal acetylenes is 1. The Labute approximate surface area is 90.5 Å². The third kappa shape index (κ3) is 2.45. The van der Waals surface area contributed by atoms with E-state index >= 15 is 0 Å². The highest BCUT2D eigenvalue weighted by Gasteiger charge is 2.16. The van der Waals surface area contributed by atoms with Crippen molar-refractivity contribution in [2.45, 2.75) is 26.3 Å². The van der Waals surface area contributed by atoms with Crippen molar-refractivity contribution in [2.75, 3.05) is 0 Å². The summed E-state index contributed by atoms with van der Waals surface area (Å²) in [5.41, 5.74) is 8.44. The highest BCUT2D eigenvalue weighted by molar-refractivity contribution is 6.01. The lowest BCUT2D eigenvalue weighted by Gasteiger charge is -2.11. The summed E-state index contributed by atoms with van der Waals surface area (Å²) in [6.07, 6.45) is 5.41. The molecular weight excluding hydrogens is 186 g/mol. The molecule has 2 heteroatoms. The van der Waals surface area contributed by atoms with Crippen molar-refractivity contribution in [2.24, 2.45) is 5.73 Å². The molecule has 0 spiro atoms. The molecular formula is C13H15NO. The van der Waals surface area contributed by atoms with Crippen molar-refractivity contribution >= 4 is 5.78 Å². The van der Waals surface area contributed by atoms with Crippen LogP contribution in [0.4, 0.5) is 0 Å². The first-order valence-electron chi connectivity index (χ1n) is 4.87. The first-order chi connectivity index (χ1) is 7.07. The monoisotopic (exact) mass is 201 g/mol. The number of hydrogen-bond donors (Lipinski definition) is 1. The zero-order valence-corrected chi connectivity index (χ0v) is 9.08. The molecule has 0 amide bonds. The van der Waals surface area contributed by atoms with Gasteiger partial charge in [-0.2, -0.15) is 0 Å². The molecule has 0 aromatic heterocycles. The Morgan fingerprint density at radius 3 is 2.80 bits per heavy atom. The lowest BCUT2D eigenvalue weighted by molar-refractivity contribution is 0.0962. The second kappa shape index (κ2) is 4.77. The predicted molar refractivity (Wildman–Crippen MR) is 61.7 cm³/mol. The number of rotatable bonds is 3. The molecule has 2 N–H and O–H groups in total. The first kappa shape index (κ1) is 11.5. The molecule has 15 heavy (non-hydrogen) atoms. The highest BCUT2D eigenvalue weighted by atomic mass is 16.1. The number of hydrogen-bond acceptors (Lipinski definition) is 2. The summed E-state index contributed by atoms with van der Waals surface area (Å²) >= 11 is 0. The van der Waals surface area contributed by atoms with E-state index in [0.717, 1.165) is 11.1 Å². The summed E-state index contributed by atoms with van der Waals surface area (Å²) in [6, 6.07) is 5.04. The van der Waals surface area contributed by atoms with Crippen LogP contribution in [0.25, 0.3) is 0 Å². The fraction of sp³-hybridized carbons (Fsp3) is 0.308. The van der Waals surface area contributed by atoms with Gasteiger partial charge < -0.3 is 5.73 Å². The SMILES string of the molecule is C#CCC(N)C(=O)c1cccc(C)c1C. The van der Waals surface area contributed by atoms with Gasteiger partial charge in [-0.25, -0.2) is 0 Å². The lowest BCUT2D eigenvalue weighted by atomic mass is 9.96. The van der Waals surface area contributed by atoms with E-state index in [0.29, 0.717) is 5.56 Å². The van der Waals surface area contributed by atoms with Gasteiger partial charge in [-0.1, -0.05) is 18.2 Å². The van der Waals surface area contributed by atoms with Crippen LogP contribution >= 0.6 is 0 Å². The van der Waals surface area contributed by atoms with Crippen molar-refractivity contribution in [1.29, 1.82) is 0 Å².